The third-order valence-electron chi connectivity index (χ3n) is 3.56. The number of hydrogen-bond donors (Lipinski definition) is 0. The van der Waals surface area contributed by atoms with Gasteiger partial charge in [0.25, 0.3) is 0 Å². The molecule has 0 bridgehead atoms. The molecule has 3 rings (SSSR count). The van der Waals surface area contributed by atoms with Crippen molar-refractivity contribution in [2.45, 2.75) is 38.5 Å². The molecule has 0 fully saturated rings. The van der Waals surface area contributed by atoms with E-state index in [2.05, 4.69) is 6.07 Å². The molecule has 0 saturated heterocycles. The van der Waals surface area contributed by atoms with Crippen LogP contribution in [0.3, 0.4) is 0 Å². The highest BCUT2D eigenvalue weighted by Gasteiger charge is 2.09. The number of halogens is 1. The van der Waals surface area contributed by atoms with Gasteiger partial charge in [0.1, 0.15) is 0 Å². The Labute approximate surface area is 107 Å². The fourth-order valence-electron chi connectivity index (χ4n) is 2.63. The Kier molecular flexibility index (Phi) is 3.02. The van der Waals surface area contributed by atoms with Gasteiger partial charge >= 0.3 is 0 Å². The summed E-state index contributed by atoms with van der Waals surface area (Å²) < 4.78 is 0. The van der Waals surface area contributed by atoms with Crippen LogP contribution in [0.15, 0.2) is 24.3 Å². The molecule has 17 heavy (non-hydrogen) atoms. The van der Waals surface area contributed by atoms with Crippen molar-refractivity contribution in [3.8, 4) is 0 Å². The molecule has 0 saturated carbocycles. The Hall–Kier alpha value is -1.08. The molecule has 1 aromatic carbocycles. The average Bonchev–Trinajstić information content (AvgIpc) is 2.29. The van der Waals surface area contributed by atoms with E-state index in [4.69, 9.17) is 16.6 Å². The maximum Gasteiger partial charge on any atom is 0.0706 e. The van der Waals surface area contributed by atoms with Crippen LogP contribution in [0.5, 0.6) is 0 Å². The Morgan fingerprint density at radius 2 is 1.76 bits per heavy atom. The lowest BCUT2D eigenvalue weighted by atomic mass is 9.96. The Morgan fingerprint density at radius 3 is 2.65 bits per heavy atom. The molecule has 0 amide bonds. The molecule has 1 aliphatic carbocycles. The first kappa shape index (κ1) is 11.0. The summed E-state index contributed by atoms with van der Waals surface area (Å²) in [4.78, 5) is 4.80. The van der Waals surface area contributed by atoms with Gasteiger partial charge in [-0.15, -0.1) is 0 Å². The zero-order valence-electron chi connectivity index (χ0n) is 9.88. The first-order valence-corrected chi connectivity index (χ1v) is 6.79. The van der Waals surface area contributed by atoms with Gasteiger partial charge in [0.05, 0.1) is 5.52 Å². The molecule has 0 atom stereocenters. The molecule has 1 nitrogen and oxygen atoms in total. The highest BCUT2D eigenvalue weighted by molar-refractivity contribution is 6.31. The summed E-state index contributed by atoms with van der Waals surface area (Å²) >= 11 is 6.03. The van der Waals surface area contributed by atoms with Crippen LogP contribution in [0.1, 0.15) is 36.9 Å². The molecule has 1 heterocycles. The van der Waals surface area contributed by atoms with Crippen molar-refractivity contribution in [2.24, 2.45) is 0 Å². The van der Waals surface area contributed by atoms with E-state index in [0.29, 0.717) is 0 Å². The summed E-state index contributed by atoms with van der Waals surface area (Å²) in [6.45, 7) is 0. The van der Waals surface area contributed by atoms with E-state index in [9.17, 15) is 0 Å². The summed E-state index contributed by atoms with van der Waals surface area (Å²) in [7, 11) is 0. The summed E-state index contributed by atoms with van der Waals surface area (Å²) in [5.41, 5.74) is 3.81. The van der Waals surface area contributed by atoms with Gasteiger partial charge in [0.2, 0.25) is 0 Å². The molecular weight excluding hydrogens is 230 g/mol. The monoisotopic (exact) mass is 245 g/mol. The Bertz CT molecular complexity index is 548. The second-order valence-electron chi connectivity index (χ2n) is 4.85. The summed E-state index contributed by atoms with van der Waals surface area (Å²) in [5.74, 6) is 0. The SMILES string of the molecule is Clc1ccc2nc3c(cc2c1)CCCCCC3. The molecule has 1 aliphatic rings. The van der Waals surface area contributed by atoms with Crippen molar-refractivity contribution in [2.75, 3.05) is 0 Å². The second-order valence-corrected chi connectivity index (χ2v) is 5.28. The van der Waals surface area contributed by atoms with Gasteiger partial charge < -0.3 is 0 Å². The maximum absolute atomic E-state index is 6.03. The molecule has 0 aliphatic heterocycles. The number of aromatic nitrogens is 1. The van der Waals surface area contributed by atoms with Crippen LogP contribution in [0.25, 0.3) is 10.9 Å². The van der Waals surface area contributed by atoms with Gasteiger partial charge in [-0.1, -0.05) is 24.4 Å². The van der Waals surface area contributed by atoms with E-state index in [-0.39, 0.29) is 0 Å². The second kappa shape index (κ2) is 4.66. The molecule has 88 valence electrons. The van der Waals surface area contributed by atoms with Crippen LogP contribution in [-0.2, 0) is 12.8 Å². The van der Waals surface area contributed by atoms with E-state index in [1.165, 1.54) is 48.7 Å². The number of hydrogen-bond acceptors (Lipinski definition) is 1. The minimum Gasteiger partial charge on any atom is -0.253 e. The third-order valence-corrected chi connectivity index (χ3v) is 3.79. The molecule has 0 spiro atoms. The number of fused-ring (bicyclic) bond motifs is 2. The molecule has 0 N–H and O–H groups in total. The van der Waals surface area contributed by atoms with Gasteiger partial charge in [-0.25, -0.2) is 0 Å². The van der Waals surface area contributed by atoms with E-state index >= 15 is 0 Å². The zero-order chi connectivity index (χ0) is 11.7. The summed E-state index contributed by atoms with van der Waals surface area (Å²) in [5, 5.41) is 1.97. The Morgan fingerprint density at radius 1 is 0.941 bits per heavy atom. The van der Waals surface area contributed by atoms with Gasteiger partial charge in [-0.05, 0) is 55.5 Å². The van der Waals surface area contributed by atoms with Crippen molar-refractivity contribution in [1.82, 2.24) is 4.98 Å². The molecule has 0 unspecified atom stereocenters. The van der Waals surface area contributed by atoms with Crippen LogP contribution < -0.4 is 0 Å². The van der Waals surface area contributed by atoms with E-state index in [1.54, 1.807) is 0 Å². The van der Waals surface area contributed by atoms with Crippen LogP contribution >= 0.6 is 11.6 Å². The number of nitrogens with zero attached hydrogens (tertiary/aromatic N) is 1. The standard InChI is InChI=1S/C15H16ClN/c16-13-7-8-15-12(10-13)9-11-5-3-1-2-4-6-14(11)17-15/h7-10H,1-6H2. The normalized spacial score (nSPS) is 16.3. The number of aryl methyl sites for hydroxylation is 2. The molecule has 1 aromatic heterocycles. The van der Waals surface area contributed by atoms with Crippen LogP contribution in [0, 0.1) is 0 Å². The van der Waals surface area contributed by atoms with E-state index in [1.807, 2.05) is 18.2 Å². The van der Waals surface area contributed by atoms with Gasteiger partial charge in [-0.2, -0.15) is 0 Å². The van der Waals surface area contributed by atoms with Crippen molar-refractivity contribution < 1.29 is 0 Å². The highest BCUT2D eigenvalue weighted by Crippen LogP contribution is 2.24. The van der Waals surface area contributed by atoms with Crippen molar-refractivity contribution in [3.63, 3.8) is 0 Å². The topological polar surface area (TPSA) is 12.9 Å². The zero-order valence-corrected chi connectivity index (χ0v) is 10.6. The van der Waals surface area contributed by atoms with Gasteiger partial charge in [0.15, 0.2) is 0 Å². The predicted molar refractivity (Wildman–Crippen MR) is 72.6 cm³/mol. The van der Waals surface area contributed by atoms with Crippen molar-refractivity contribution in [3.05, 3.63) is 40.5 Å². The van der Waals surface area contributed by atoms with Gasteiger partial charge in [-0.3, -0.25) is 4.98 Å². The molecular formula is C15H16ClN. The smallest absolute Gasteiger partial charge is 0.0706 e. The lowest BCUT2D eigenvalue weighted by molar-refractivity contribution is 0.610. The quantitative estimate of drug-likeness (QED) is 0.664. The van der Waals surface area contributed by atoms with Gasteiger partial charge in [0, 0.05) is 16.1 Å². The highest BCUT2D eigenvalue weighted by atomic mass is 35.5. The fourth-order valence-corrected chi connectivity index (χ4v) is 2.81. The minimum absolute atomic E-state index is 0.796. The predicted octanol–water partition coefficient (Wildman–Crippen LogP) is 4.55. The maximum atomic E-state index is 6.03. The van der Waals surface area contributed by atoms with Crippen molar-refractivity contribution in [1.29, 1.82) is 0 Å². The van der Waals surface area contributed by atoms with Crippen LogP contribution in [0.4, 0.5) is 0 Å². The largest absolute Gasteiger partial charge is 0.253 e. The lowest BCUT2D eigenvalue weighted by Crippen LogP contribution is -2.02. The lowest BCUT2D eigenvalue weighted by Gasteiger charge is -2.14. The van der Waals surface area contributed by atoms with Crippen LogP contribution in [0.2, 0.25) is 5.02 Å². The first-order chi connectivity index (χ1) is 8.33. The molecule has 2 heteroatoms. The number of pyridine rings is 1. The first-order valence-electron chi connectivity index (χ1n) is 6.41. The van der Waals surface area contributed by atoms with E-state index < -0.39 is 0 Å². The minimum atomic E-state index is 0.796. The van der Waals surface area contributed by atoms with Crippen molar-refractivity contribution >= 4 is 22.5 Å². The summed E-state index contributed by atoms with van der Waals surface area (Å²) in [6.07, 6.45) is 7.57. The number of rotatable bonds is 0. The third kappa shape index (κ3) is 2.30. The molecule has 2 aromatic rings. The summed E-state index contributed by atoms with van der Waals surface area (Å²) in [6, 6.07) is 8.25. The van der Waals surface area contributed by atoms with E-state index in [0.717, 1.165) is 17.0 Å². The Balaban J connectivity index is 2.13. The number of benzene rings is 1. The average molecular weight is 246 g/mol. The van der Waals surface area contributed by atoms with Crippen LogP contribution in [-0.4, -0.2) is 4.98 Å². The molecule has 0 radical (unpaired) electrons. The fraction of sp³-hybridized carbons (Fsp3) is 0.400.